The zero-order valence-corrected chi connectivity index (χ0v) is 29.9. The molecule has 1 aliphatic heterocycles. The summed E-state index contributed by atoms with van der Waals surface area (Å²) in [6.45, 7) is 7.55. The van der Waals surface area contributed by atoms with Gasteiger partial charge in [-0.25, -0.2) is 9.59 Å². The van der Waals surface area contributed by atoms with Gasteiger partial charge < -0.3 is 30.1 Å². The number of aryl methyl sites for hydroxylation is 1. The van der Waals surface area contributed by atoms with E-state index in [0.29, 0.717) is 46.6 Å². The Balaban J connectivity index is 1.30. The first-order chi connectivity index (χ1) is 24.8. The summed E-state index contributed by atoms with van der Waals surface area (Å²) >= 11 is 0. The number of amides is 3. The maximum Gasteiger partial charge on any atom is 0.408 e. The lowest BCUT2D eigenvalue weighted by Gasteiger charge is -2.37. The van der Waals surface area contributed by atoms with E-state index in [1.165, 1.54) is 18.2 Å². The van der Waals surface area contributed by atoms with Gasteiger partial charge in [0.2, 0.25) is 5.91 Å². The average molecular weight is 706 g/mol. The lowest BCUT2D eigenvalue weighted by Crippen LogP contribution is -2.53. The molecule has 0 bridgehead atoms. The van der Waals surface area contributed by atoms with Gasteiger partial charge in [-0.05, 0) is 95.0 Å². The van der Waals surface area contributed by atoms with Gasteiger partial charge in [-0.3, -0.25) is 14.3 Å². The molecule has 270 valence electrons. The molecule has 3 amide bonds. The molecule has 3 N–H and O–H groups in total. The summed E-state index contributed by atoms with van der Waals surface area (Å²) < 4.78 is 12.1. The zero-order chi connectivity index (χ0) is 37.4. The normalized spacial score (nSPS) is 14.7. The topological polar surface area (TPSA) is 152 Å². The van der Waals surface area contributed by atoms with Gasteiger partial charge in [0, 0.05) is 36.6 Å². The molecule has 52 heavy (non-hydrogen) atoms. The fourth-order valence-electron chi connectivity index (χ4n) is 5.84. The van der Waals surface area contributed by atoms with Crippen LogP contribution in [0.3, 0.4) is 0 Å². The van der Waals surface area contributed by atoms with Gasteiger partial charge in [0.1, 0.15) is 29.1 Å². The lowest BCUT2D eigenvalue weighted by atomic mass is 9.98. The number of aromatic hydroxyl groups is 1. The van der Waals surface area contributed by atoms with Gasteiger partial charge in [-0.15, -0.1) is 0 Å². The number of hydrogen-bond acceptors (Lipinski definition) is 8. The van der Waals surface area contributed by atoms with Gasteiger partial charge in [0.05, 0.1) is 17.7 Å². The summed E-state index contributed by atoms with van der Waals surface area (Å²) in [7, 11) is 1.73. The van der Waals surface area contributed by atoms with Crippen LogP contribution >= 0.6 is 0 Å². The number of carbonyl (C=O) groups excluding carboxylic acids is 4. The summed E-state index contributed by atoms with van der Waals surface area (Å²) in [6, 6.07) is 18.5. The predicted octanol–water partition coefficient (Wildman–Crippen LogP) is 5.95. The van der Waals surface area contributed by atoms with Crippen molar-refractivity contribution in [2.45, 2.75) is 64.6 Å². The number of phenols is 1. The molecule has 2 heterocycles. The molecule has 5 rings (SSSR count). The van der Waals surface area contributed by atoms with Gasteiger partial charge >= 0.3 is 12.1 Å². The number of rotatable bonds is 8. The van der Waals surface area contributed by atoms with Crippen molar-refractivity contribution >= 4 is 29.6 Å². The first-order valence-electron chi connectivity index (χ1n) is 17.1. The number of anilines is 1. The average Bonchev–Trinajstić information content (AvgIpc) is 3.49. The third kappa shape index (κ3) is 9.37. The first-order valence-corrected chi connectivity index (χ1v) is 17.1. The fraction of sp³-hybridized carbons (Fsp3) is 0.325. The van der Waals surface area contributed by atoms with Gasteiger partial charge in [-0.1, -0.05) is 42.2 Å². The molecule has 0 unspecified atom stereocenters. The van der Waals surface area contributed by atoms with Crippen LogP contribution in [0.15, 0.2) is 79.0 Å². The molecule has 0 spiro atoms. The fourth-order valence-corrected chi connectivity index (χ4v) is 5.84. The Hall–Kier alpha value is -6.09. The highest BCUT2D eigenvalue weighted by Crippen LogP contribution is 2.32. The summed E-state index contributed by atoms with van der Waals surface area (Å²) in [5.74, 6) is 4.92. The summed E-state index contributed by atoms with van der Waals surface area (Å²) in [5.41, 5.74) is 2.59. The highest BCUT2D eigenvalue weighted by molar-refractivity contribution is 5.98. The van der Waals surface area contributed by atoms with Crippen LogP contribution < -0.4 is 10.6 Å². The number of carbonyl (C=O) groups is 4. The Morgan fingerprint density at radius 3 is 2.42 bits per heavy atom. The molecule has 0 aliphatic carbocycles. The van der Waals surface area contributed by atoms with Crippen molar-refractivity contribution in [3.8, 4) is 28.8 Å². The van der Waals surface area contributed by atoms with E-state index < -0.39 is 35.7 Å². The minimum Gasteiger partial charge on any atom is -0.507 e. The molecule has 4 aromatic rings. The maximum atomic E-state index is 14.0. The van der Waals surface area contributed by atoms with Crippen LogP contribution in [0.4, 0.5) is 10.5 Å². The SMILES string of the molecule is CCOC(=O)c1ccc(O)c(-c2nn(C)cc2C#Cc2ccc(NC(=O)[C@@H]3CCCCN3C(=O)[C@H](NC(=O)OC(C)(C)C)c3ccccc3)cc2)c1. The number of nitrogens with one attached hydrogen (secondary N) is 2. The number of likely N-dealkylation sites (tertiary alicyclic amines) is 1. The Kier molecular flexibility index (Phi) is 11.6. The summed E-state index contributed by atoms with van der Waals surface area (Å²) in [4.78, 5) is 54.3. The van der Waals surface area contributed by atoms with Crippen LogP contribution in [-0.2, 0) is 26.1 Å². The van der Waals surface area contributed by atoms with Crippen LogP contribution in [0.5, 0.6) is 5.75 Å². The van der Waals surface area contributed by atoms with E-state index in [-0.39, 0.29) is 23.8 Å². The molecular weight excluding hydrogens is 662 g/mol. The Morgan fingerprint density at radius 1 is 1.00 bits per heavy atom. The van der Waals surface area contributed by atoms with Gasteiger partial charge in [0.15, 0.2) is 0 Å². The van der Waals surface area contributed by atoms with Crippen LogP contribution in [0, 0.1) is 11.8 Å². The number of hydrogen-bond donors (Lipinski definition) is 3. The van der Waals surface area contributed by atoms with Crippen molar-refractivity contribution in [1.82, 2.24) is 20.0 Å². The van der Waals surface area contributed by atoms with Crippen LogP contribution in [0.2, 0.25) is 0 Å². The molecule has 1 aromatic heterocycles. The second kappa shape index (κ2) is 16.3. The predicted molar refractivity (Wildman–Crippen MR) is 195 cm³/mol. The van der Waals surface area contributed by atoms with Gasteiger partial charge in [-0.2, -0.15) is 5.10 Å². The quantitative estimate of drug-likeness (QED) is 0.150. The van der Waals surface area contributed by atoms with Crippen LogP contribution in [0.25, 0.3) is 11.3 Å². The molecular formula is C40H43N5O7. The number of benzene rings is 3. The molecule has 12 heteroatoms. The van der Waals surface area contributed by atoms with Crippen LogP contribution in [-0.4, -0.2) is 68.5 Å². The van der Waals surface area contributed by atoms with E-state index >= 15 is 0 Å². The Bertz CT molecular complexity index is 1990. The molecule has 2 atom stereocenters. The van der Waals surface area contributed by atoms with E-state index in [9.17, 15) is 24.3 Å². The first kappa shape index (κ1) is 37.2. The second-order valence-electron chi connectivity index (χ2n) is 13.4. The van der Waals surface area contributed by atoms with E-state index in [4.69, 9.17) is 9.47 Å². The minimum atomic E-state index is -1.03. The molecule has 12 nitrogen and oxygen atoms in total. The van der Waals surface area contributed by atoms with Crippen LogP contribution in [0.1, 0.15) is 80.0 Å². The number of esters is 1. The number of ether oxygens (including phenoxy) is 2. The third-order valence-electron chi connectivity index (χ3n) is 8.21. The minimum absolute atomic E-state index is 0.0528. The monoisotopic (exact) mass is 705 g/mol. The van der Waals surface area contributed by atoms with E-state index in [1.807, 2.05) is 6.07 Å². The van der Waals surface area contributed by atoms with Crippen molar-refractivity contribution in [1.29, 1.82) is 0 Å². The molecule has 1 saturated heterocycles. The van der Waals surface area contributed by atoms with Crippen molar-refractivity contribution in [3.63, 3.8) is 0 Å². The highest BCUT2D eigenvalue weighted by Gasteiger charge is 2.37. The van der Waals surface area contributed by atoms with E-state index in [2.05, 4.69) is 27.6 Å². The number of aromatic nitrogens is 2. The zero-order valence-electron chi connectivity index (χ0n) is 29.9. The summed E-state index contributed by atoms with van der Waals surface area (Å²) in [6.07, 6.45) is 2.97. The second-order valence-corrected chi connectivity index (χ2v) is 13.4. The molecule has 1 aliphatic rings. The third-order valence-corrected chi connectivity index (χ3v) is 8.21. The molecule has 0 radical (unpaired) electrons. The van der Waals surface area contributed by atoms with Crippen molar-refractivity contribution in [2.75, 3.05) is 18.5 Å². The van der Waals surface area contributed by atoms with Crippen molar-refractivity contribution in [3.05, 3.63) is 101 Å². The van der Waals surface area contributed by atoms with E-state index in [0.717, 1.165) is 12.8 Å². The number of piperidine rings is 1. The Labute approximate surface area is 303 Å². The van der Waals surface area contributed by atoms with E-state index in [1.54, 1.807) is 99.1 Å². The highest BCUT2D eigenvalue weighted by atomic mass is 16.6. The number of alkyl carbamates (subject to hydrolysis) is 1. The number of phenolic OH excluding ortho intramolecular Hbond substituents is 1. The summed E-state index contributed by atoms with van der Waals surface area (Å²) in [5, 5.41) is 20.7. The Morgan fingerprint density at radius 2 is 1.73 bits per heavy atom. The van der Waals surface area contributed by atoms with Gasteiger partial charge in [0.25, 0.3) is 5.91 Å². The number of nitrogens with zero attached hydrogens (tertiary/aromatic N) is 3. The molecule has 3 aromatic carbocycles. The molecule has 1 fully saturated rings. The van der Waals surface area contributed by atoms with Crippen molar-refractivity contribution < 1.29 is 33.8 Å². The standard InChI is InChI=1S/C40H43N5O7/c1-6-51-38(49)28-19-22-33(46)31(24-28)34-29(25-44(5)43-34)18-15-26-16-20-30(21-17-26)41-36(47)32-14-10-11-23-45(32)37(48)35(27-12-8-7-9-13-27)42-39(50)52-40(2,3)4/h7-9,12-13,16-17,19-22,24-25,32,35,46H,6,10-11,14,23H2,1-5H3,(H,41,47)(H,42,50)/t32-,35+/m0/s1. The smallest absolute Gasteiger partial charge is 0.408 e. The lowest BCUT2D eigenvalue weighted by molar-refractivity contribution is -0.142. The molecule has 0 saturated carbocycles. The van der Waals surface area contributed by atoms with Crippen molar-refractivity contribution in [2.24, 2.45) is 7.05 Å². The largest absolute Gasteiger partial charge is 0.507 e. The maximum absolute atomic E-state index is 14.0.